The van der Waals surface area contributed by atoms with Crippen molar-refractivity contribution in [2.24, 2.45) is 17.3 Å². The first kappa shape index (κ1) is 15.0. The number of amides is 1. The highest BCUT2D eigenvalue weighted by molar-refractivity contribution is 9.09. The zero-order chi connectivity index (χ0) is 12.9. The molecule has 0 spiro atoms. The van der Waals surface area contributed by atoms with Crippen LogP contribution in [0.1, 0.15) is 52.9 Å². The van der Waals surface area contributed by atoms with Crippen LogP contribution in [0, 0.1) is 17.3 Å². The summed E-state index contributed by atoms with van der Waals surface area (Å²) in [6, 6.07) is 0. The number of hydrogen-bond donors (Lipinski definition) is 1. The van der Waals surface area contributed by atoms with E-state index in [1.54, 1.807) is 0 Å². The molecule has 1 unspecified atom stereocenters. The van der Waals surface area contributed by atoms with Gasteiger partial charge in [0.25, 0.3) is 0 Å². The summed E-state index contributed by atoms with van der Waals surface area (Å²) in [4.78, 5) is 12.0. The average Bonchev–Trinajstić information content (AvgIpc) is 2.36. The molecule has 0 aromatic heterocycles. The molecule has 0 radical (unpaired) electrons. The molecule has 0 saturated heterocycles. The summed E-state index contributed by atoms with van der Waals surface area (Å²) >= 11 is 3.63. The Hall–Kier alpha value is -0.0500. The first-order valence-electron chi connectivity index (χ1n) is 6.84. The van der Waals surface area contributed by atoms with E-state index >= 15 is 0 Å². The van der Waals surface area contributed by atoms with E-state index < -0.39 is 0 Å². The topological polar surface area (TPSA) is 29.1 Å². The second-order valence-electron chi connectivity index (χ2n) is 5.94. The molecule has 0 aromatic rings. The summed E-state index contributed by atoms with van der Waals surface area (Å²) in [6.45, 7) is 7.06. The van der Waals surface area contributed by atoms with Crippen molar-refractivity contribution in [2.45, 2.75) is 52.9 Å². The fourth-order valence-electron chi connectivity index (χ4n) is 2.40. The van der Waals surface area contributed by atoms with Gasteiger partial charge in [-0.05, 0) is 24.2 Å². The molecule has 1 fully saturated rings. The maximum absolute atomic E-state index is 12.0. The Bertz CT molecular complexity index is 247. The lowest BCUT2D eigenvalue weighted by Gasteiger charge is -2.36. The molecule has 1 N–H and O–H groups in total. The van der Waals surface area contributed by atoms with Gasteiger partial charge < -0.3 is 5.32 Å². The van der Waals surface area contributed by atoms with Crippen molar-refractivity contribution in [1.82, 2.24) is 5.32 Å². The molecule has 1 atom stereocenters. The lowest BCUT2D eigenvalue weighted by atomic mass is 9.75. The van der Waals surface area contributed by atoms with Crippen LogP contribution in [-0.2, 0) is 4.79 Å². The Kier molecular flexibility index (Phi) is 5.98. The van der Waals surface area contributed by atoms with Crippen LogP contribution in [0.25, 0.3) is 0 Å². The third-order valence-corrected chi connectivity index (χ3v) is 5.44. The normalized spacial score (nSPS) is 21.2. The monoisotopic (exact) mass is 303 g/mol. The van der Waals surface area contributed by atoms with Crippen LogP contribution >= 0.6 is 15.9 Å². The number of alkyl halides is 1. The highest BCUT2D eigenvalue weighted by atomic mass is 79.9. The van der Waals surface area contributed by atoms with Crippen molar-refractivity contribution in [1.29, 1.82) is 0 Å². The first-order valence-corrected chi connectivity index (χ1v) is 7.96. The van der Waals surface area contributed by atoms with Crippen molar-refractivity contribution >= 4 is 21.8 Å². The SMILES string of the molecule is CC(C)C(C)C(=O)NCC1(CBr)CCCCC1. The Balaban J connectivity index is 2.44. The Morgan fingerprint density at radius 2 is 1.82 bits per heavy atom. The summed E-state index contributed by atoms with van der Waals surface area (Å²) in [5, 5.41) is 4.17. The van der Waals surface area contributed by atoms with Crippen LogP contribution in [0.3, 0.4) is 0 Å². The van der Waals surface area contributed by atoms with Gasteiger partial charge in [-0.25, -0.2) is 0 Å². The summed E-state index contributed by atoms with van der Waals surface area (Å²) in [6.07, 6.45) is 6.46. The van der Waals surface area contributed by atoms with E-state index in [0.29, 0.717) is 11.3 Å². The quantitative estimate of drug-likeness (QED) is 0.770. The molecule has 0 aromatic carbocycles. The average molecular weight is 304 g/mol. The molecule has 1 rings (SSSR count). The summed E-state index contributed by atoms with van der Waals surface area (Å²) in [5.41, 5.74) is 0.310. The van der Waals surface area contributed by atoms with Gasteiger partial charge in [-0.3, -0.25) is 4.79 Å². The number of rotatable bonds is 5. The molecule has 1 aliphatic carbocycles. The van der Waals surface area contributed by atoms with Crippen LogP contribution in [0.5, 0.6) is 0 Å². The second kappa shape index (κ2) is 6.77. The predicted octanol–water partition coefficient (Wildman–Crippen LogP) is 3.74. The number of halogens is 1. The first-order chi connectivity index (χ1) is 8.01. The molecule has 3 heteroatoms. The van der Waals surface area contributed by atoms with Crippen molar-refractivity contribution in [3.8, 4) is 0 Å². The standard InChI is InChI=1S/C14H26BrNO/c1-11(2)12(3)13(17)16-10-14(9-15)7-5-4-6-8-14/h11-12H,4-10H2,1-3H3,(H,16,17). The van der Waals surface area contributed by atoms with Crippen LogP contribution in [0.15, 0.2) is 0 Å². The Morgan fingerprint density at radius 1 is 1.24 bits per heavy atom. The molecule has 0 heterocycles. The molecule has 1 saturated carbocycles. The van der Waals surface area contributed by atoms with E-state index in [4.69, 9.17) is 0 Å². The second-order valence-corrected chi connectivity index (χ2v) is 6.51. The number of carbonyl (C=O) groups is 1. The summed E-state index contributed by atoms with van der Waals surface area (Å²) < 4.78 is 0. The highest BCUT2D eigenvalue weighted by Crippen LogP contribution is 2.37. The predicted molar refractivity (Wildman–Crippen MR) is 76.3 cm³/mol. The third kappa shape index (κ3) is 4.27. The van der Waals surface area contributed by atoms with Crippen LogP contribution < -0.4 is 5.32 Å². The summed E-state index contributed by atoms with van der Waals surface area (Å²) in [7, 11) is 0. The zero-order valence-electron chi connectivity index (χ0n) is 11.4. The van der Waals surface area contributed by atoms with Gasteiger partial charge >= 0.3 is 0 Å². The molecule has 2 nitrogen and oxygen atoms in total. The van der Waals surface area contributed by atoms with Gasteiger partial charge in [0.15, 0.2) is 0 Å². The fraction of sp³-hybridized carbons (Fsp3) is 0.929. The van der Waals surface area contributed by atoms with E-state index in [0.717, 1.165) is 11.9 Å². The molecule has 17 heavy (non-hydrogen) atoms. The third-order valence-electron chi connectivity index (χ3n) is 4.25. The van der Waals surface area contributed by atoms with Gasteiger partial charge in [-0.2, -0.15) is 0 Å². The van der Waals surface area contributed by atoms with Crippen molar-refractivity contribution in [3.05, 3.63) is 0 Å². The van der Waals surface area contributed by atoms with E-state index in [2.05, 4.69) is 35.1 Å². The van der Waals surface area contributed by atoms with Crippen molar-refractivity contribution in [3.63, 3.8) is 0 Å². The largest absolute Gasteiger partial charge is 0.355 e. The lowest BCUT2D eigenvalue weighted by molar-refractivity contribution is -0.126. The smallest absolute Gasteiger partial charge is 0.223 e. The summed E-state index contributed by atoms with van der Waals surface area (Å²) in [5.74, 6) is 0.748. The minimum atomic E-state index is 0.117. The van der Waals surface area contributed by atoms with E-state index in [-0.39, 0.29) is 11.8 Å². The van der Waals surface area contributed by atoms with Gasteiger partial charge in [0, 0.05) is 17.8 Å². The Labute approximate surface area is 114 Å². The fourth-order valence-corrected chi connectivity index (χ4v) is 3.16. The van der Waals surface area contributed by atoms with Crippen molar-refractivity contribution in [2.75, 3.05) is 11.9 Å². The molecular weight excluding hydrogens is 278 g/mol. The zero-order valence-corrected chi connectivity index (χ0v) is 13.0. The lowest BCUT2D eigenvalue weighted by Crippen LogP contribution is -2.42. The van der Waals surface area contributed by atoms with Gasteiger partial charge in [0.2, 0.25) is 5.91 Å². The van der Waals surface area contributed by atoms with Gasteiger partial charge in [0.1, 0.15) is 0 Å². The molecule has 1 amide bonds. The Morgan fingerprint density at radius 3 is 2.29 bits per heavy atom. The van der Waals surface area contributed by atoms with Crippen LogP contribution in [-0.4, -0.2) is 17.8 Å². The maximum atomic E-state index is 12.0. The van der Waals surface area contributed by atoms with Crippen LogP contribution in [0.4, 0.5) is 0 Å². The van der Waals surface area contributed by atoms with Gasteiger partial charge in [-0.15, -0.1) is 0 Å². The van der Waals surface area contributed by atoms with Gasteiger partial charge in [-0.1, -0.05) is 56.0 Å². The molecule has 100 valence electrons. The highest BCUT2D eigenvalue weighted by Gasteiger charge is 2.31. The van der Waals surface area contributed by atoms with E-state index in [9.17, 15) is 4.79 Å². The molecular formula is C14H26BrNO. The van der Waals surface area contributed by atoms with Gasteiger partial charge in [0.05, 0.1) is 0 Å². The van der Waals surface area contributed by atoms with E-state index in [1.165, 1.54) is 32.1 Å². The van der Waals surface area contributed by atoms with Crippen LogP contribution in [0.2, 0.25) is 0 Å². The van der Waals surface area contributed by atoms with E-state index in [1.807, 2.05) is 6.92 Å². The molecule has 0 bridgehead atoms. The van der Waals surface area contributed by atoms with Crippen molar-refractivity contribution < 1.29 is 4.79 Å². The molecule has 1 aliphatic rings. The minimum absolute atomic E-state index is 0.117. The number of carbonyl (C=O) groups excluding carboxylic acids is 1. The molecule has 0 aliphatic heterocycles. The number of hydrogen-bond acceptors (Lipinski definition) is 1. The minimum Gasteiger partial charge on any atom is -0.355 e. The maximum Gasteiger partial charge on any atom is 0.223 e. The number of nitrogens with one attached hydrogen (secondary N) is 1.